The van der Waals surface area contributed by atoms with Crippen molar-refractivity contribution in [3.8, 4) is 0 Å². The molecule has 15 heavy (non-hydrogen) atoms. The number of nitrogens with one attached hydrogen (secondary N) is 2. The Kier molecular flexibility index (Phi) is 7.68. The highest BCUT2D eigenvalue weighted by Crippen LogP contribution is 2.01. The molecule has 0 saturated heterocycles. The van der Waals surface area contributed by atoms with Gasteiger partial charge in [-0.2, -0.15) is 0 Å². The zero-order valence-electron chi connectivity index (χ0n) is 9.93. The molecule has 2 amide bonds. The van der Waals surface area contributed by atoms with Crippen LogP contribution in [0.3, 0.4) is 0 Å². The zero-order chi connectivity index (χ0) is 11.7. The van der Waals surface area contributed by atoms with Gasteiger partial charge in [0.15, 0.2) is 0 Å². The molecule has 4 nitrogen and oxygen atoms in total. The Labute approximate surface area is 91.8 Å². The normalized spacial score (nSPS) is 10.1. The summed E-state index contributed by atoms with van der Waals surface area (Å²) in [6.45, 7) is 6.93. The van der Waals surface area contributed by atoms with Gasteiger partial charge in [-0.25, -0.2) is 0 Å². The summed E-state index contributed by atoms with van der Waals surface area (Å²) in [5, 5.41) is 5.41. The Morgan fingerprint density at radius 3 is 2.33 bits per heavy atom. The van der Waals surface area contributed by atoms with Crippen molar-refractivity contribution in [1.82, 2.24) is 10.6 Å². The van der Waals surface area contributed by atoms with E-state index in [0.29, 0.717) is 18.9 Å². The molecule has 88 valence electrons. The maximum absolute atomic E-state index is 11.2. The van der Waals surface area contributed by atoms with Gasteiger partial charge >= 0.3 is 0 Å². The predicted octanol–water partition coefficient (Wildman–Crippen LogP) is 1.06. The largest absolute Gasteiger partial charge is 0.356 e. The standard InChI is InChI=1S/C11H22N2O2/c1-9(2)5-4-7-13-11(15)6-8-12-10(3)14/h9H,4-8H2,1-3H3,(H,12,14)(H,13,15). The first-order valence-electron chi connectivity index (χ1n) is 5.53. The van der Waals surface area contributed by atoms with Crippen molar-refractivity contribution in [2.75, 3.05) is 13.1 Å². The topological polar surface area (TPSA) is 58.2 Å². The fourth-order valence-electron chi connectivity index (χ4n) is 1.18. The fraction of sp³-hybridized carbons (Fsp3) is 0.818. The lowest BCUT2D eigenvalue weighted by molar-refractivity contribution is -0.121. The van der Waals surface area contributed by atoms with Crippen LogP contribution in [0.5, 0.6) is 0 Å². The van der Waals surface area contributed by atoms with Gasteiger partial charge in [0, 0.05) is 26.4 Å². The molecule has 2 N–H and O–H groups in total. The van der Waals surface area contributed by atoms with Gasteiger partial charge in [-0.3, -0.25) is 9.59 Å². The van der Waals surface area contributed by atoms with Crippen molar-refractivity contribution in [1.29, 1.82) is 0 Å². The van der Waals surface area contributed by atoms with E-state index in [1.165, 1.54) is 6.92 Å². The van der Waals surface area contributed by atoms with Crippen molar-refractivity contribution in [2.45, 2.75) is 40.0 Å². The van der Waals surface area contributed by atoms with Crippen molar-refractivity contribution < 1.29 is 9.59 Å². The number of hydrogen-bond acceptors (Lipinski definition) is 2. The summed E-state index contributed by atoms with van der Waals surface area (Å²) in [5.41, 5.74) is 0. The van der Waals surface area contributed by atoms with E-state index < -0.39 is 0 Å². The number of carbonyl (C=O) groups is 2. The summed E-state index contributed by atoms with van der Waals surface area (Å²) < 4.78 is 0. The molecule has 0 aliphatic carbocycles. The van der Waals surface area contributed by atoms with Gasteiger partial charge in [-0.1, -0.05) is 13.8 Å². The molecule has 0 fully saturated rings. The van der Waals surface area contributed by atoms with Crippen LogP contribution in [0, 0.1) is 5.92 Å². The monoisotopic (exact) mass is 214 g/mol. The van der Waals surface area contributed by atoms with Crippen molar-refractivity contribution >= 4 is 11.8 Å². The maximum Gasteiger partial charge on any atom is 0.221 e. The molecule has 0 heterocycles. The molecule has 0 unspecified atom stereocenters. The second kappa shape index (κ2) is 8.26. The average molecular weight is 214 g/mol. The van der Waals surface area contributed by atoms with Gasteiger partial charge in [0.05, 0.1) is 0 Å². The van der Waals surface area contributed by atoms with Crippen LogP contribution in [0.25, 0.3) is 0 Å². The average Bonchev–Trinajstić information content (AvgIpc) is 2.11. The van der Waals surface area contributed by atoms with E-state index in [1.807, 2.05) is 0 Å². The number of amides is 2. The summed E-state index contributed by atoms with van der Waals surface area (Å²) >= 11 is 0. The highest BCUT2D eigenvalue weighted by Gasteiger charge is 2.01. The van der Waals surface area contributed by atoms with Crippen molar-refractivity contribution in [3.63, 3.8) is 0 Å². The Morgan fingerprint density at radius 2 is 1.80 bits per heavy atom. The molecule has 4 heteroatoms. The van der Waals surface area contributed by atoms with E-state index in [1.54, 1.807) is 0 Å². The molecule has 0 bridgehead atoms. The minimum atomic E-state index is -0.0948. The first-order valence-corrected chi connectivity index (χ1v) is 5.53. The summed E-state index contributed by atoms with van der Waals surface area (Å²) in [6.07, 6.45) is 2.51. The molecule has 0 aliphatic heterocycles. The van der Waals surface area contributed by atoms with Crippen LogP contribution in [0.15, 0.2) is 0 Å². The van der Waals surface area contributed by atoms with Gasteiger partial charge in [0.1, 0.15) is 0 Å². The van der Waals surface area contributed by atoms with Crippen LogP contribution in [0.2, 0.25) is 0 Å². The lowest BCUT2D eigenvalue weighted by atomic mass is 10.1. The molecular weight excluding hydrogens is 192 g/mol. The van der Waals surface area contributed by atoms with Crippen LogP contribution in [0.1, 0.15) is 40.0 Å². The zero-order valence-corrected chi connectivity index (χ0v) is 9.93. The third kappa shape index (κ3) is 10.9. The maximum atomic E-state index is 11.2. The van der Waals surface area contributed by atoms with Crippen molar-refractivity contribution in [2.24, 2.45) is 5.92 Å². The van der Waals surface area contributed by atoms with E-state index in [0.717, 1.165) is 19.4 Å². The van der Waals surface area contributed by atoms with Crippen LogP contribution in [0.4, 0.5) is 0 Å². The van der Waals surface area contributed by atoms with Crippen LogP contribution < -0.4 is 10.6 Å². The third-order valence-corrected chi connectivity index (χ3v) is 2.01. The number of hydrogen-bond donors (Lipinski definition) is 2. The van der Waals surface area contributed by atoms with Crippen LogP contribution in [-0.4, -0.2) is 24.9 Å². The molecule has 0 aromatic rings. The molecule has 0 aliphatic rings. The Morgan fingerprint density at radius 1 is 1.13 bits per heavy atom. The third-order valence-electron chi connectivity index (χ3n) is 2.01. The first kappa shape index (κ1) is 13.9. The molecule has 0 atom stereocenters. The lowest BCUT2D eigenvalue weighted by Crippen LogP contribution is -2.30. The first-order chi connectivity index (χ1) is 7.02. The molecule has 0 aromatic heterocycles. The molecule has 0 rings (SSSR count). The van der Waals surface area contributed by atoms with E-state index >= 15 is 0 Å². The molecule has 0 radical (unpaired) electrons. The van der Waals surface area contributed by atoms with Gasteiger partial charge in [0.2, 0.25) is 11.8 Å². The minimum Gasteiger partial charge on any atom is -0.356 e. The Hall–Kier alpha value is -1.06. The smallest absolute Gasteiger partial charge is 0.221 e. The van der Waals surface area contributed by atoms with Gasteiger partial charge < -0.3 is 10.6 Å². The lowest BCUT2D eigenvalue weighted by Gasteiger charge is -2.06. The molecule has 0 spiro atoms. The van der Waals surface area contributed by atoms with Crippen LogP contribution in [-0.2, 0) is 9.59 Å². The van der Waals surface area contributed by atoms with E-state index in [4.69, 9.17) is 0 Å². The van der Waals surface area contributed by atoms with Gasteiger partial charge in [-0.05, 0) is 18.8 Å². The van der Waals surface area contributed by atoms with Crippen LogP contribution >= 0.6 is 0 Å². The molecule has 0 saturated carbocycles. The number of carbonyl (C=O) groups excluding carboxylic acids is 2. The predicted molar refractivity (Wildman–Crippen MR) is 60.4 cm³/mol. The molecule has 0 aromatic carbocycles. The SMILES string of the molecule is CC(=O)NCCC(=O)NCCCC(C)C. The summed E-state index contributed by atoms with van der Waals surface area (Å²) in [5.74, 6) is 0.594. The Balaban J connectivity index is 3.30. The highest BCUT2D eigenvalue weighted by atomic mass is 16.2. The van der Waals surface area contributed by atoms with E-state index in [9.17, 15) is 9.59 Å². The Bertz CT molecular complexity index is 203. The summed E-state index contributed by atoms with van der Waals surface area (Å²) in [7, 11) is 0. The quantitative estimate of drug-likeness (QED) is 0.623. The minimum absolute atomic E-state index is 0.00695. The second-order valence-corrected chi connectivity index (χ2v) is 4.12. The molecular formula is C11H22N2O2. The summed E-state index contributed by atoms with van der Waals surface area (Å²) in [6, 6.07) is 0. The fourth-order valence-corrected chi connectivity index (χ4v) is 1.18. The number of rotatable bonds is 7. The van der Waals surface area contributed by atoms with E-state index in [2.05, 4.69) is 24.5 Å². The summed E-state index contributed by atoms with van der Waals surface area (Å²) in [4.78, 5) is 21.7. The van der Waals surface area contributed by atoms with Gasteiger partial charge in [-0.15, -0.1) is 0 Å². The van der Waals surface area contributed by atoms with Gasteiger partial charge in [0.25, 0.3) is 0 Å². The van der Waals surface area contributed by atoms with Crippen molar-refractivity contribution in [3.05, 3.63) is 0 Å². The van der Waals surface area contributed by atoms with E-state index in [-0.39, 0.29) is 11.8 Å². The second-order valence-electron chi connectivity index (χ2n) is 4.12. The highest BCUT2D eigenvalue weighted by molar-refractivity contribution is 5.77.